The van der Waals surface area contributed by atoms with Gasteiger partial charge in [-0.3, -0.25) is 10.2 Å². The van der Waals surface area contributed by atoms with Gasteiger partial charge in [0.25, 0.3) is 0 Å². The third-order valence-electron chi connectivity index (χ3n) is 7.61. The van der Waals surface area contributed by atoms with E-state index >= 15 is 4.39 Å². The molecule has 2 aromatic carbocycles. The van der Waals surface area contributed by atoms with Crippen LogP contribution in [-0.4, -0.2) is 73.5 Å². The molecule has 0 saturated carbocycles. The summed E-state index contributed by atoms with van der Waals surface area (Å²) in [4.78, 5) is 41.6. The Bertz CT molecular complexity index is 1880. The van der Waals surface area contributed by atoms with Crippen molar-refractivity contribution in [3.05, 3.63) is 34.9 Å². The molecule has 46 heavy (non-hydrogen) atoms. The van der Waals surface area contributed by atoms with Gasteiger partial charge in [-0.25, -0.2) is 23.4 Å². The number of halogens is 3. The van der Waals surface area contributed by atoms with Crippen molar-refractivity contribution in [2.75, 3.05) is 23.3 Å². The van der Waals surface area contributed by atoms with Crippen LogP contribution in [-0.2, 0) is 9.47 Å². The standard InChI is InChI=1S/C31H33ClF2N6O5S/c1-30(2,3)44-28(42)38-27-36-23-16(9-10-19(33)24(23)46-27)20-18(32)11-17-22(21(20)34)35-26(41)37-25(17)39-12-14-7-8-15(13-39)40(14)29(43)45-31(4,5)6/h9-11,14-15H,7-8,12-13H2,1-6H3,(H,35,37,41)(H,36,38,42). The highest BCUT2D eigenvalue weighted by molar-refractivity contribution is 7.22. The predicted molar refractivity (Wildman–Crippen MR) is 172 cm³/mol. The molecule has 2 fully saturated rings. The van der Waals surface area contributed by atoms with Crippen molar-refractivity contribution in [3.63, 3.8) is 0 Å². The van der Waals surface area contributed by atoms with Gasteiger partial charge in [-0.2, -0.15) is 9.97 Å². The predicted octanol–water partition coefficient (Wildman–Crippen LogP) is 7.48. The molecule has 2 unspecified atom stereocenters. The quantitative estimate of drug-likeness (QED) is 0.227. The number of amides is 2. The monoisotopic (exact) mass is 674 g/mol. The summed E-state index contributed by atoms with van der Waals surface area (Å²) in [5.74, 6) is -1.20. The summed E-state index contributed by atoms with van der Waals surface area (Å²) in [6.07, 6.45) is 0.357. The Morgan fingerprint density at radius 3 is 2.28 bits per heavy atom. The number of ether oxygens (including phenoxy) is 2. The maximum absolute atomic E-state index is 16.5. The number of aromatic hydroxyl groups is 1. The Hall–Kier alpha value is -4.04. The molecule has 2 N–H and O–H groups in total. The number of aromatic nitrogens is 3. The third kappa shape index (κ3) is 6.07. The van der Waals surface area contributed by atoms with Crippen LogP contribution in [0.5, 0.6) is 6.01 Å². The fourth-order valence-electron chi connectivity index (χ4n) is 5.97. The molecule has 4 heterocycles. The lowest BCUT2D eigenvalue weighted by molar-refractivity contribution is 0.0122. The molecule has 11 nitrogen and oxygen atoms in total. The van der Waals surface area contributed by atoms with Crippen LogP contribution in [0.4, 0.5) is 29.3 Å². The van der Waals surface area contributed by atoms with E-state index in [-0.39, 0.29) is 66.4 Å². The summed E-state index contributed by atoms with van der Waals surface area (Å²) in [7, 11) is 0. The summed E-state index contributed by atoms with van der Waals surface area (Å²) in [5, 5.41) is 13.3. The number of thiazole rings is 1. The Balaban J connectivity index is 1.38. The number of rotatable bonds is 3. The van der Waals surface area contributed by atoms with E-state index in [1.807, 2.05) is 25.7 Å². The first-order valence-electron chi connectivity index (χ1n) is 14.7. The number of fused-ring (bicyclic) bond motifs is 4. The molecule has 4 aromatic rings. The fourth-order valence-corrected chi connectivity index (χ4v) is 7.14. The zero-order valence-electron chi connectivity index (χ0n) is 26.1. The number of piperazine rings is 1. The maximum atomic E-state index is 16.5. The van der Waals surface area contributed by atoms with Crippen molar-refractivity contribution in [2.24, 2.45) is 0 Å². The van der Waals surface area contributed by atoms with Gasteiger partial charge in [0.05, 0.1) is 27.3 Å². The molecule has 2 amide bonds. The van der Waals surface area contributed by atoms with E-state index in [1.165, 1.54) is 12.1 Å². The van der Waals surface area contributed by atoms with Crippen molar-refractivity contribution in [1.29, 1.82) is 0 Å². The normalized spacial score (nSPS) is 18.4. The molecule has 2 aliphatic heterocycles. The van der Waals surface area contributed by atoms with Gasteiger partial charge in [-0.1, -0.05) is 22.9 Å². The molecule has 2 atom stereocenters. The van der Waals surface area contributed by atoms with E-state index in [2.05, 4.69) is 20.3 Å². The fraction of sp³-hybridized carbons (Fsp3) is 0.452. The van der Waals surface area contributed by atoms with E-state index in [9.17, 15) is 19.1 Å². The highest BCUT2D eigenvalue weighted by Gasteiger charge is 2.45. The molecule has 244 valence electrons. The van der Waals surface area contributed by atoms with Crippen LogP contribution < -0.4 is 10.2 Å². The van der Waals surface area contributed by atoms with Gasteiger partial charge >= 0.3 is 18.2 Å². The van der Waals surface area contributed by atoms with Gasteiger partial charge in [-0.15, -0.1) is 0 Å². The second kappa shape index (κ2) is 11.3. The van der Waals surface area contributed by atoms with Crippen LogP contribution in [0.25, 0.3) is 32.2 Å². The van der Waals surface area contributed by atoms with Crippen molar-refractivity contribution < 1.29 is 33.0 Å². The Kier molecular flexibility index (Phi) is 7.87. The third-order valence-corrected chi connectivity index (χ3v) is 8.89. The van der Waals surface area contributed by atoms with Gasteiger partial charge in [0.2, 0.25) is 0 Å². The number of anilines is 2. The minimum atomic E-state index is -0.862. The molecule has 2 saturated heterocycles. The van der Waals surface area contributed by atoms with Crippen molar-refractivity contribution in [2.45, 2.75) is 77.7 Å². The first-order chi connectivity index (χ1) is 21.5. The molecule has 2 bridgehead atoms. The smallest absolute Gasteiger partial charge is 0.413 e. The van der Waals surface area contributed by atoms with Crippen LogP contribution in [0.15, 0.2) is 18.2 Å². The Morgan fingerprint density at radius 2 is 1.65 bits per heavy atom. The first kappa shape index (κ1) is 31.9. The van der Waals surface area contributed by atoms with E-state index in [4.69, 9.17) is 21.1 Å². The van der Waals surface area contributed by atoms with Crippen LogP contribution >= 0.6 is 22.9 Å². The average Bonchev–Trinajstić information content (AvgIpc) is 3.46. The Labute approximate surface area is 272 Å². The van der Waals surface area contributed by atoms with Crippen LogP contribution in [0.3, 0.4) is 0 Å². The van der Waals surface area contributed by atoms with E-state index in [0.29, 0.717) is 13.1 Å². The largest absolute Gasteiger partial charge is 0.479 e. The molecule has 2 aliphatic rings. The summed E-state index contributed by atoms with van der Waals surface area (Å²) in [6.45, 7) is 11.3. The van der Waals surface area contributed by atoms with Gasteiger partial charge in [0.15, 0.2) is 10.9 Å². The highest BCUT2D eigenvalue weighted by atomic mass is 35.5. The molecule has 0 spiro atoms. The lowest BCUT2D eigenvalue weighted by Crippen LogP contribution is -2.57. The molecule has 0 radical (unpaired) electrons. The minimum Gasteiger partial charge on any atom is -0.479 e. The SMILES string of the molecule is CC(C)(C)OC(=O)Nc1nc2c(-c3c(Cl)cc4c(N5CC6CCC(C5)N6C(=O)OC(C)(C)C)nc(O)nc4c3F)ccc(F)c2s1. The van der Waals surface area contributed by atoms with Crippen molar-refractivity contribution >= 4 is 67.2 Å². The molecular weight excluding hydrogens is 642 g/mol. The number of carbonyl (C=O) groups is 2. The van der Waals surface area contributed by atoms with E-state index < -0.39 is 34.9 Å². The minimum absolute atomic E-state index is 0.0153. The lowest BCUT2D eigenvalue weighted by atomic mass is 10.0. The second-order valence-electron chi connectivity index (χ2n) is 13.4. The molecular formula is C31H33ClF2N6O5S. The summed E-state index contributed by atoms with van der Waals surface area (Å²) >= 11 is 7.60. The number of hydrogen-bond acceptors (Lipinski definition) is 10. The lowest BCUT2D eigenvalue weighted by Gasteiger charge is -2.42. The Morgan fingerprint density at radius 1 is 1.00 bits per heavy atom. The molecule has 2 aromatic heterocycles. The van der Waals surface area contributed by atoms with Crippen molar-refractivity contribution in [3.8, 4) is 17.1 Å². The number of hydrogen-bond donors (Lipinski definition) is 2. The van der Waals surface area contributed by atoms with Crippen molar-refractivity contribution in [1.82, 2.24) is 19.9 Å². The van der Waals surface area contributed by atoms with E-state index in [0.717, 1.165) is 30.2 Å². The summed E-state index contributed by atoms with van der Waals surface area (Å²) < 4.78 is 42.4. The van der Waals surface area contributed by atoms with Gasteiger partial charge in [0, 0.05) is 29.6 Å². The highest BCUT2D eigenvalue weighted by Crippen LogP contribution is 2.44. The molecule has 15 heteroatoms. The zero-order chi connectivity index (χ0) is 33.3. The zero-order valence-corrected chi connectivity index (χ0v) is 27.6. The molecule has 0 aliphatic carbocycles. The topological polar surface area (TPSA) is 130 Å². The maximum Gasteiger partial charge on any atom is 0.413 e. The van der Waals surface area contributed by atoms with Crippen LogP contribution in [0.2, 0.25) is 5.02 Å². The second-order valence-corrected chi connectivity index (χ2v) is 14.8. The average molecular weight is 675 g/mol. The number of benzene rings is 2. The number of carbonyl (C=O) groups excluding carboxylic acids is 2. The van der Waals surface area contributed by atoms with Crippen LogP contribution in [0.1, 0.15) is 54.4 Å². The number of nitrogens with one attached hydrogen (secondary N) is 1. The van der Waals surface area contributed by atoms with Crippen LogP contribution in [0, 0.1) is 11.6 Å². The summed E-state index contributed by atoms with van der Waals surface area (Å²) in [5.41, 5.74) is -1.46. The van der Waals surface area contributed by atoms with Gasteiger partial charge in [-0.05, 0) is 72.6 Å². The van der Waals surface area contributed by atoms with Gasteiger partial charge in [0.1, 0.15) is 28.4 Å². The van der Waals surface area contributed by atoms with Gasteiger partial charge < -0.3 is 19.5 Å². The first-order valence-corrected chi connectivity index (χ1v) is 15.9. The summed E-state index contributed by atoms with van der Waals surface area (Å²) in [6, 6.07) is 3.05. The molecule has 6 rings (SSSR count). The van der Waals surface area contributed by atoms with E-state index in [1.54, 1.807) is 25.7 Å². The number of nitrogens with zero attached hydrogens (tertiary/aromatic N) is 5.